The van der Waals surface area contributed by atoms with Crippen molar-refractivity contribution in [3.63, 3.8) is 0 Å². The number of aliphatic carboxylic acids is 1. The molecule has 0 aromatic carbocycles. The molecule has 1 aromatic rings. The Labute approximate surface area is 130 Å². The zero-order valence-electron chi connectivity index (χ0n) is 13.1. The quantitative estimate of drug-likeness (QED) is 0.818. The average molecular weight is 312 g/mol. The van der Waals surface area contributed by atoms with E-state index < -0.39 is 5.97 Å². The lowest BCUT2D eigenvalue weighted by molar-refractivity contribution is -0.133. The molecule has 1 heterocycles. The highest BCUT2D eigenvalue weighted by Gasteiger charge is 2.35. The summed E-state index contributed by atoms with van der Waals surface area (Å²) >= 11 is 1.30. The fourth-order valence-electron chi connectivity index (χ4n) is 2.61. The highest BCUT2D eigenvalue weighted by atomic mass is 32.2. The Bertz CT molecular complexity index is 502. The molecular weight excluding hydrogens is 288 g/mol. The van der Waals surface area contributed by atoms with Crippen LogP contribution in [0.4, 0.5) is 0 Å². The predicted octanol–water partition coefficient (Wildman–Crippen LogP) is 3.10. The second-order valence-electron chi connectivity index (χ2n) is 6.43. The largest absolute Gasteiger partial charge is 0.481 e. The van der Waals surface area contributed by atoms with Gasteiger partial charge in [0.2, 0.25) is 0 Å². The number of aromatic nitrogens is 2. The summed E-state index contributed by atoms with van der Waals surface area (Å²) in [5, 5.41) is 9.68. The maximum atomic E-state index is 10.8. The number of thioether (sulfide) groups is 1. The fraction of sp³-hybridized carbons (Fsp3) is 0.733. The summed E-state index contributed by atoms with van der Waals surface area (Å²) in [5.41, 5.74) is 1.15. The number of nitrogens with zero attached hydrogens (tertiary/aromatic N) is 2. The van der Waals surface area contributed by atoms with E-state index >= 15 is 0 Å². The van der Waals surface area contributed by atoms with Gasteiger partial charge in [0.05, 0.1) is 11.9 Å². The zero-order chi connectivity index (χ0) is 15.6. The monoisotopic (exact) mass is 312 g/mol. The number of carbonyl (C=O) groups is 1. The zero-order valence-corrected chi connectivity index (χ0v) is 13.9. The maximum absolute atomic E-state index is 10.8. The van der Waals surface area contributed by atoms with E-state index in [9.17, 15) is 4.79 Å². The third-order valence-corrected chi connectivity index (χ3v) is 4.65. The standard InChI is InChI=1S/C15H24N2O3S/c1-5-20-11-6-10(7-11)17-12(15(2,3)4)8-16-14(17)21-9-13(18)19/h8,10-11H,5-7,9H2,1-4H3,(H,18,19). The van der Waals surface area contributed by atoms with Crippen LogP contribution in [0.15, 0.2) is 11.4 Å². The Balaban J connectivity index is 2.19. The first kappa shape index (κ1) is 16.4. The molecule has 0 unspecified atom stereocenters. The van der Waals surface area contributed by atoms with E-state index in [-0.39, 0.29) is 11.2 Å². The highest BCUT2D eigenvalue weighted by molar-refractivity contribution is 7.99. The predicted molar refractivity (Wildman–Crippen MR) is 83.0 cm³/mol. The van der Waals surface area contributed by atoms with Crippen molar-refractivity contribution in [1.82, 2.24) is 9.55 Å². The molecule has 0 bridgehead atoms. The topological polar surface area (TPSA) is 64.4 Å². The lowest BCUT2D eigenvalue weighted by Crippen LogP contribution is -2.36. The molecule has 0 saturated heterocycles. The first-order valence-electron chi connectivity index (χ1n) is 7.36. The Morgan fingerprint density at radius 1 is 1.52 bits per heavy atom. The molecule has 5 nitrogen and oxygen atoms in total. The van der Waals surface area contributed by atoms with Crippen LogP contribution < -0.4 is 0 Å². The number of carboxylic acid groups (broad SMARTS) is 1. The number of rotatable bonds is 6. The molecule has 0 amide bonds. The summed E-state index contributed by atoms with van der Waals surface area (Å²) in [4.78, 5) is 15.3. The van der Waals surface area contributed by atoms with Crippen LogP contribution in [0.2, 0.25) is 0 Å². The summed E-state index contributed by atoms with van der Waals surface area (Å²) in [6.07, 6.45) is 4.17. The van der Waals surface area contributed by atoms with Crippen molar-refractivity contribution in [3.8, 4) is 0 Å². The van der Waals surface area contributed by atoms with Gasteiger partial charge in [0.1, 0.15) is 0 Å². The second kappa shape index (κ2) is 6.40. The normalized spacial score (nSPS) is 22.1. The Morgan fingerprint density at radius 3 is 2.71 bits per heavy atom. The van der Waals surface area contributed by atoms with Crippen molar-refractivity contribution in [2.45, 2.75) is 63.3 Å². The third-order valence-electron chi connectivity index (χ3n) is 3.69. The lowest BCUT2D eigenvalue weighted by atomic mass is 9.86. The van der Waals surface area contributed by atoms with Crippen LogP contribution in [0.25, 0.3) is 0 Å². The average Bonchev–Trinajstić information content (AvgIpc) is 2.73. The van der Waals surface area contributed by atoms with Gasteiger partial charge in [0.15, 0.2) is 5.16 Å². The van der Waals surface area contributed by atoms with Crippen LogP contribution >= 0.6 is 11.8 Å². The first-order chi connectivity index (χ1) is 9.82. The molecule has 0 aliphatic heterocycles. The molecule has 1 aromatic heterocycles. The Hall–Kier alpha value is -1.01. The molecule has 1 aliphatic rings. The van der Waals surface area contributed by atoms with Crippen molar-refractivity contribution in [2.75, 3.05) is 12.4 Å². The van der Waals surface area contributed by atoms with E-state index in [1.54, 1.807) is 0 Å². The summed E-state index contributed by atoms with van der Waals surface area (Å²) < 4.78 is 7.86. The molecule has 1 fully saturated rings. The summed E-state index contributed by atoms with van der Waals surface area (Å²) in [7, 11) is 0. The van der Waals surface area contributed by atoms with E-state index in [2.05, 4.69) is 30.3 Å². The SMILES string of the molecule is CCOC1CC(n2c(C(C)(C)C)cnc2SCC(=O)O)C1. The van der Waals surface area contributed by atoms with Gasteiger partial charge in [0, 0.05) is 30.0 Å². The van der Waals surface area contributed by atoms with Gasteiger partial charge in [0.25, 0.3) is 0 Å². The van der Waals surface area contributed by atoms with Gasteiger partial charge in [-0.3, -0.25) is 4.79 Å². The number of carboxylic acids is 1. The molecule has 0 atom stereocenters. The summed E-state index contributed by atoms with van der Waals surface area (Å²) in [5.74, 6) is -0.768. The molecule has 1 aliphatic carbocycles. The van der Waals surface area contributed by atoms with Gasteiger partial charge < -0.3 is 14.4 Å². The summed E-state index contributed by atoms with van der Waals surface area (Å²) in [6.45, 7) is 9.23. The van der Waals surface area contributed by atoms with Gasteiger partial charge in [-0.15, -0.1) is 0 Å². The molecule has 0 radical (unpaired) electrons. The highest BCUT2D eigenvalue weighted by Crippen LogP contribution is 2.40. The minimum absolute atomic E-state index is 0.00820. The third kappa shape index (κ3) is 3.80. The van der Waals surface area contributed by atoms with Crippen LogP contribution in [-0.4, -0.2) is 39.1 Å². The van der Waals surface area contributed by atoms with Crippen LogP contribution in [0.1, 0.15) is 52.3 Å². The second-order valence-corrected chi connectivity index (χ2v) is 7.37. The van der Waals surface area contributed by atoms with E-state index in [0.717, 1.165) is 30.3 Å². The van der Waals surface area contributed by atoms with Gasteiger partial charge in [-0.25, -0.2) is 4.98 Å². The Kier molecular flexibility index (Phi) is 4.99. The molecule has 21 heavy (non-hydrogen) atoms. The van der Waals surface area contributed by atoms with Gasteiger partial charge in [-0.2, -0.15) is 0 Å². The maximum Gasteiger partial charge on any atom is 0.313 e. The number of imidazole rings is 1. The van der Waals surface area contributed by atoms with E-state index in [1.807, 2.05) is 13.1 Å². The summed E-state index contributed by atoms with van der Waals surface area (Å²) in [6, 6.07) is 0.370. The molecule has 6 heteroatoms. The molecule has 118 valence electrons. The molecule has 1 N–H and O–H groups in total. The minimum atomic E-state index is -0.812. The lowest BCUT2D eigenvalue weighted by Gasteiger charge is -2.39. The van der Waals surface area contributed by atoms with Gasteiger partial charge in [-0.1, -0.05) is 32.5 Å². The van der Waals surface area contributed by atoms with Crippen LogP contribution in [0.3, 0.4) is 0 Å². The number of hydrogen-bond donors (Lipinski definition) is 1. The first-order valence-corrected chi connectivity index (χ1v) is 8.35. The van der Waals surface area contributed by atoms with Crippen LogP contribution in [-0.2, 0) is 14.9 Å². The number of hydrogen-bond acceptors (Lipinski definition) is 4. The van der Waals surface area contributed by atoms with Crippen molar-refractivity contribution in [3.05, 3.63) is 11.9 Å². The minimum Gasteiger partial charge on any atom is -0.481 e. The fourth-order valence-corrected chi connectivity index (χ4v) is 3.37. The van der Waals surface area contributed by atoms with Crippen molar-refractivity contribution >= 4 is 17.7 Å². The number of ether oxygens (including phenoxy) is 1. The van der Waals surface area contributed by atoms with Gasteiger partial charge >= 0.3 is 5.97 Å². The van der Waals surface area contributed by atoms with E-state index in [4.69, 9.17) is 9.84 Å². The smallest absolute Gasteiger partial charge is 0.313 e. The van der Waals surface area contributed by atoms with Gasteiger partial charge in [-0.05, 0) is 19.8 Å². The molecule has 0 spiro atoms. The van der Waals surface area contributed by atoms with E-state index in [1.165, 1.54) is 11.8 Å². The molecule has 1 saturated carbocycles. The van der Waals surface area contributed by atoms with Crippen LogP contribution in [0, 0.1) is 0 Å². The molecular formula is C15H24N2O3S. The van der Waals surface area contributed by atoms with E-state index in [0.29, 0.717) is 12.1 Å². The van der Waals surface area contributed by atoms with Crippen molar-refractivity contribution < 1.29 is 14.6 Å². The van der Waals surface area contributed by atoms with Crippen LogP contribution in [0.5, 0.6) is 0 Å². The van der Waals surface area contributed by atoms with Crippen molar-refractivity contribution in [1.29, 1.82) is 0 Å². The molecule has 2 rings (SSSR count). The Morgan fingerprint density at radius 2 is 2.19 bits per heavy atom. The van der Waals surface area contributed by atoms with Crippen molar-refractivity contribution in [2.24, 2.45) is 0 Å².